The highest BCUT2D eigenvalue weighted by atomic mass is 16.3. The molecule has 0 saturated carbocycles. The lowest BCUT2D eigenvalue weighted by atomic mass is 9.85. The molecule has 5 nitrogen and oxygen atoms in total. The zero-order chi connectivity index (χ0) is 16.2. The van der Waals surface area contributed by atoms with Gasteiger partial charge in [-0.3, -0.25) is 0 Å². The number of aromatic amines is 2. The minimum absolute atomic E-state index is 0.141. The Bertz CT molecular complexity index is 973. The molecule has 0 bridgehead atoms. The van der Waals surface area contributed by atoms with Crippen LogP contribution in [0.4, 0.5) is 0 Å². The van der Waals surface area contributed by atoms with Gasteiger partial charge in [0, 0.05) is 11.6 Å². The number of nitrogens with one attached hydrogen (secondary N) is 2. The molecule has 23 heavy (non-hydrogen) atoms. The number of nitrogens with zero attached hydrogens (tertiary/aromatic N) is 2. The average Bonchev–Trinajstić information content (AvgIpc) is 3.08. The Morgan fingerprint density at radius 1 is 1.04 bits per heavy atom. The van der Waals surface area contributed by atoms with E-state index in [1.165, 1.54) is 0 Å². The lowest BCUT2D eigenvalue weighted by molar-refractivity contribution is 0.448. The van der Waals surface area contributed by atoms with Gasteiger partial charge >= 0.3 is 0 Å². The molecule has 5 heteroatoms. The number of phenols is 1. The molecule has 0 spiro atoms. The molecule has 2 heterocycles. The first-order chi connectivity index (χ1) is 10.9. The van der Waals surface area contributed by atoms with Crippen LogP contribution in [0, 0.1) is 0 Å². The monoisotopic (exact) mass is 306 g/mol. The van der Waals surface area contributed by atoms with Crippen LogP contribution in [-0.4, -0.2) is 25.3 Å². The molecule has 116 valence electrons. The maximum absolute atomic E-state index is 10.7. The molecular formula is C18H18N4O. The summed E-state index contributed by atoms with van der Waals surface area (Å²) < 4.78 is 0. The minimum Gasteiger partial charge on any atom is -0.507 e. The highest BCUT2D eigenvalue weighted by Gasteiger charge is 2.21. The minimum atomic E-state index is -0.141. The number of aromatic hydroxyl groups is 1. The van der Waals surface area contributed by atoms with Gasteiger partial charge in [0.05, 0.1) is 22.1 Å². The summed E-state index contributed by atoms with van der Waals surface area (Å²) in [6.07, 6.45) is 1.89. The molecule has 0 saturated heterocycles. The van der Waals surface area contributed by atoms with Gasteiger partial charge in [-0.1, -0.05) is 32.9 Å². The molecule has 3 N–H and O–H groups in total. The van der Waals surface area contributed by atoms with Crippen LogP contribution in [0.1, 0.15) is 26.3 Å². The smallest absolute Gasteiger partial charge is 0.164 e. The molecule has 4 aromatic rings. The molecule has 4 rings (SSSR count). The van der Waals surface area contributed by atoms with Crippen LogP contribution in [0.15, 0.2) is 36.5 Å². The summed E-state index contributed by atoms with van der Waals surface area (Å²) in [4.78, 5) is 9.19. The van der Waals surface area contributed by atoms with E-state index in [2.05, 4.69) is 40.9 Å². The van der Waals surface area contributed by atoms with E-state index in [9.17, 15) is 5.11 Å². The molecular weight excluding hydrogens is 288 g/mol. The first kappa shape index (κ1) is 13.8. The van der Waals surface area contributed by atoms with E-state index in [-0.39, 0.29) is 11.2 Å². The highest BCUT2D eigenvalue weighted by Crippen LogP contribution is 2.37. The maximum Gasteiger partial charge on any atom is 0.164 e. The second kappa shape index (κ2) is 4.59. The average molecular weight is 306 g/mol. The van der Waals surface area contributed by atoms with Crippen molar-refractivity contribution in [2.24, 2.45) is 0 Å². The van der Waals surface area contributed by atoms with E-state index < -0.39 is 0 Å². The lowest BCUT2D eigenvalue weighted by Gasteiger charge is -2.21. The Hall–Kier alpha value is -2.82. The number of hydrogen-bond acceptors (Lipinski definition) is 3. The second-order valence-corrected chi connectivity index (χ2v) is 6.84. The highest BCUT2D eigenvalue weighted by molar-refractivity contribution is 5.94. The van der Waals surface area contributed by atoms with Crippen molar-refractivity contribution in [3.63, 3.8) is 0 Å². The van der Waals surface area contributed by atoms with Gasteiger partial charge in [0.1, 0.15) is 5.75 Å². The molecule has 0 atom stereocenters. The van der Waals surface area contributed by atoms with Gasteiger partial charge in [-0.25, -0.2) is 9.97 Å². The number of fused-ring (bicyclic) bond motifs is 2. The van der Waals surface area contributed by atoms with Gasteiger partial charge in [-0.15, -0.1) is 0 Å². The topological polar surface area (TPSA) is 77.6 Å². The van der Waals surface area contributed by atoms with Crippen molar-refractivity contribution in [2.75, 3.05) is 0 Å². The molecule has 0 amide bonds. The Labute approximate surface area is 133 Å². The Morgan fingerprint density at radius 3 is 2.52 bits per heavy atom. The van der Waals surface area contributed by atoms with Crippen molar-refractivity contribution in [2.45, 2.75) is 26.2 Å². The van der Waals surface area contributed by atoms with Gasteiger partial charge in [0.2, 0.25) is 0 Å². The van der Waals surface area contributed by atoms with Crippen molar-refractivity contribution in [3.8, 4) is 17.1 Å². The summed E-state index contributed by atoms with van der Waals surface area (Å²) in [5, 5.41) is 17.7. The molecule has 0 unspecified atom stereocenters. The van der Waals surface area contributed by atoms with Crippen molar-refractivity contribution in [1.29, 1.82) is 0 Å². The number of rotatable bonds is 1. The number of imidazole rings is 1. The molecule has 2 aromatic heterocycles. The van der Waals surface area contributed by atoms with Crippen LogP contribution >= 0.6 is 0 Å². The fourth-order valence-corrected chi connectivity index (χ4v) is 2.89. The largest absolute Gasteiger partial charge is 0.507 e. The number of H-pyrrole nitrogens is 2. The third kappa shape index (κ3) is 2.16. The normalized spacial score (nSPS) is 12.3. The van der Waals surface area contributed by atoms with Crippen LogP contribution in [0.25, 0.3) is 33.3 Å². The number of hydrogen-bond donors (Lipinski definition) is 3. The van der Waals surface area contributed by atoms with Gasteiger partial charge in [0.25, 0.3) is 0 Å². The Morgan fingerprint density at radius 2 is 1.78 bits per heavy atom. The maximum atomic E-state index is 10.7. The molecule has 2 aromatic carbocycles. The molecule has 0 aliphatic carbocycles. The number of para-hydroxylation sites is 1. The first-order valence-electron chi connectivity index (χ1n) is 7.59. The first-order valence-corrected chi connectivity index (χ1v) is 7.59. The molecule has 0 fully saturated rings. The van der Waals surface area contributed by atoms with Crippen LogP contribution in [-0.2, 0) is 5.41 Å². The Balaban J connectivity index is 1.92. The number of aromatic nitrogens is 4. The third-order valence-electron chi connectivity index (χ3n) is 4.12. The lowest BCUT2D eigenvalue weighted by Crippen LogP contribution is -2.11. The predicted octanol–water partition coefficient (Wildman–Crippen LogP) is 4.11. The summed E-state index contributed by atoms with van der Waals surface area (Å²) >= 11 is 0. The van der Waals surface area contributed by atoms with E-state index in [0.29, 0.717) is 11.4 Å². The summed E-state index contributed by atoms with van der Waals surface area (Å²) in [6, 6.07) is 9.69. The quantitative estimate of drug-likeness (QED) is 0.495. The zero-order valence-electron chi connectivity index (χ0n) is 13.3. The SMILES string of the molecule is CC(C)(C)c1cccc(-c2nc3cc4c[nH][nH]c4cc3n2)c1O. The zero-order valence-corrected chi connectivity index (χ0v) is 13.3. The van der Waals surface area contributed by atoms with Crippen molar-refractivity contribution < 1.29 is 5.11 Å². The van der Waals surface area contributed by atoms with Gasteiger partial charge in [-0.05, 0) is 29.2 Å². The van der Waals surface area contributed by atoms with E-state index in [1.807, 2.05) is 36.5 Å². The van der Waals surface area contributed by atoms with E-state index in [0.717, 1.165) is 27.5 Å². The predicted molar refractivity (Wildman–Crippen MR) is 91.5 cm³/mol. The molecule has 0 aliphatic rings. The van der Waals surface area contributed by atoms with Crippen LogP contribution in [0.2, 0.25) is 0 Å². The van der Waals surface area contributed by atoms with Crippen molar-refractivity contribution >= 4 is 21.9 Å². The van der Waals surface area contributed by atoms with Crippen LogP contribution in [0.5, 0.6) is 5.75 Å². The fraction of sp³-hybridized carbons (Fsp3) is 0.222. The van der Waals surface area contributed by atoms with Crippen molar-refractivity contribution in [3.05, 3.63) is 42.1 Å². The molecule has 0 radical (unpaired) electrons. The van der Waals surface area contributed by atoms with Gasteiger partial charge in [0.15, 0.2) is 5.82 Å². The Kier molecular flexibility index (Phi) is 2.75. The van der Waals surface area contributed by atoms with E-state index in [1.54, 1.807) is 0 Å². The summed E-state index contributed by atoms with van der Waals surface area (Å²) in [5.41, 5.74) is 4.04. The van der Waals surface area contributed by atoms with Crippen LogP contribution in [0.3, 0.4) is 0 Å². The summed E-state index contributed by atoms with van der Waals surface area (Å²) in [6.45, 7) is 6.23. The third-order valence-corrected chi connectivity index (χ3v) is 4.12. The van der Waals surface area contributed by atoms with E-state index >= 15 is 0 Å². The van der Waals surface area contributed by atoms with Gasteiger partial charge in [-0.2, -0.15) is 0 Å². The second-order valence-electron chi connectivity index (χ2n) is 6.84. The molecule has 0 aliphatic heterocycles. The summed E-state index contributed by atoms with van der Waals surface area (Å²) in [7, 11) is 0. The van der Waals surface area contributed by atoms with Gasteiger partial charge < -0.3 is 15.3 Å². The fourth-order valence-electron chi connectivity index (χ4n) is 2.89. The van der Waals surface area contributed by atoms with Crippen molar-refractivity contribution in [1.82, 2.24) is 20.2 Å². The number of phenolic OH excluding ortho intramolecular Hbond substituents is 1. The van der Waals surface area contributed by atoms with E-state index in [4.69, 9.17) is 0 Å². The number of benzene rings is 2. The standard InChI is InChI=1S/C18H18N4O/c1-18(2,3)12-6-4-5-11(16(12)23)17-20-14-7-10-9-19-22-13(10)8-15(14)21-17/h4-9,19,22-23H,1-3H3. The van der Waals surface area contributed by atoms with Crippen LogP contribution < -0.4 is 0 Å². The summed E-state index contributed by atoms with van der Waals surface area (Å²) in [5.74, 6) is 0.814.